The summed E-state index contributed by atoms with van der Waals surface area (Å²) in [6, 6.07) is 20.4. The van der Waals surface area contributed by atoms with Crippen LogP contribution in [0.4, 0.5) is 0 Å². The van der Waals surface area contributed by atoms with E-state index in [0.717, 1.165) is 0 Å². The van der Waals surface area contributed by atoms with Crippen LogP contribution in [0.2, 0.25) is 0 Å². The highest BCUT2D eigenvalue weighted by Gasteiger charge is 2.14. The smallest absolute Gasteiger partial charge is 0.0544 e. The van der Waals surface area contributed by atoms with Crippen LogP contribution in [0.25, 0.3) is 32.9 Å². The van der Waals surface area contributed by atoms with Crippen LogP contribution in [0.15, 0.2) is 54.6 Å². The molecule has 2 heteroatoms. The topological polar surface area (TPSA) is 15.8 Å². The molecule has 4 aromatic rings. The molecule has 0 radical (unpaired) electrons. The van der Waals surface area contributed by atoms with Crippen molar-refractivity contribution in [2.24, 2.45) is 0 Å². The van der Waals surface area contributed by atoms with Crippen molar-refractivity contribution in [3.05, 3.63) is 69.3 Å². The minimum absolute atomic E-state index is 0.499. The molecule has 1 N–H and O–H groups in total. The molecule has 4 rings (SSSR count). The molecule has 26 heavy (non-hydrogen) atoms. The number of H-pyrrole nitrogens is 1. The Morgan fingerprint density at radius 2 is 1.50 bits per heavy atom. The normalized spacial score (nSPS) is 12.0. The summed E-state index contributed by atoms with van der Waals surface area (Å²) in [5.41, 5.74) is 7.82. The van der Waals surface area contributed by atoms with Crippen molar-refractivity contribution in [2.45, 2.75) is 39.5 Å². The van der Waals surface area contributed by atoms with E-state index in [1.807, 2.05) is 0 Å². The van der Waals surface area contributed by atoms with Crippen LogP contribution >= 0.6 is 22.6 Å². The van der Waals surface area contributed by atoms with Crippen molar-refractivity contribution in [1.82, 2.24) is 4.98 Å². The van der Waals surface area contributed by atoms with E-state index in [4.69, 9.17) is 0 Å². The monoisotopic (exact) mass is 453 g/mol. The molecule has 1 aromatic heterocycles. The molecule has 0 aliphatic heterocycles. The fraction of sp³-hybridized carbons (Fsp3) is 0.250. The van der Waals surface area contributed by atoms with Gasteiger partial charge in [0.25, 0.3) is 0 Å². The summed E-state index contributed by atoms with van der Waals surface area (Å²) in [5, 5.41) is 2.67. The Labute approximate surface area is 169 Å². The second-order valence-electron chi connectivity index (χ2n) is 7.74. The Morgan fingerprint density at radius 3 is 2.19 bits per heavy atom. The molecule has 0 atom stereocenters. The van der Waals surface area contributed by atoms with Crippen molar-refractivity contribution < 1.29 is 0 Å². The Kier molecular flexibility index (Phi) is 4.55. The van der Waals surface area contributed by atoms with E-state index < -0.39 is 0 Å². The number of nitrogens with one attached hydrogen (secondary N) is 1. The SMILES string of the molecule is CC(C)c1ccc2[nH]c3c(-c4cccc(I)c4)cc(C(C)C)cc3c2c1. The number of aromatic amines is 1. The lowest BCUT2D eigenvalue weighted by molar-refractivity contribution is 0.868. The predicted octanol–water partition coefficient (Wildman–Crippen LogP) is 7.84. The quantitative estimate of drug-likeness (QED) is 0.304. The molecule has 0 aliphatic rings. The summed E-state index contributed by atoms with van der Waals surface area (Å²) in [5.74, 6) is 1.03. The number of fused-ring (bicyclic) bond motifs is 3. The maximum atomic E-state index is 3.69. The van der Waals surface area contributed by atoms with Gasteiger partial charge in [-0.05, 0) is 87.5 Å². The zero-order chi connectivity index (χ0) is 18.4. The first-order valence-corrected chi connectivity index (χ1v) is 10.4. The van der Waals surface area contributed by atoms with E-state index in [0.29, 0.717) is 11.8 Å². The summed E-state index contributed by atoms with van der Waals surface area (Å²) in [6.45, 7) is 9.06. The molecule has 3 aromatic carbocycles. The van der Waals surface area contributed by atoms with Crippen molar-refractivity contribution >= 4 is 44.4 Å². The number of benzene rings is 3. The largest absolute Gasteiger partial charge is 0.354 e. The maximum Gasteiger partial charge on any atom is 0.0544 e. The summed E-state index contributed by atoms with van der Waals surface area (Å²) in [4.78, 5) is 3.69. The number of rotatable bonds is 3. The maximum absolute atomic E-state index is 3.69. The number of halogens is 1. The van der Waals surface area contributed by atoms with Crippen LogP contribution in [0.3, 0.4) is 0 Å². The van der Waals surface area contributed by atoms with Gasteiger partial charge in [-0.3, -0.25) is 0 Å². The van der Waals surface area contributed by atoms with Gasteiger partial charge in [-0.15, -0.1) is 0 Å². The minimum atomic E-state index is 0.499. The first kappa shape index (κ1) is 17.6. The van der Waals surface area contributed by atoms with Gasteiger partial charge < -0.3 is 4.98 Å². The van der Waals surface area contributed by atoms with E-state index in [9.17, 15) is 0 Å². The molecule has 0 bridgehead atoms. The molecule has 0 unspecified atom stereocenters. The van der Waals surface area contributed by atoms with Gasteiger partial charge in [0.15, 0.2) is 0 Å². The van der Waals surface area contributed by atoms with Gasteiger partial charge in [0.1, 0.15) is 0 Å². The van der Waals surface area contributed by atoms with Crippen LogP contribution in [0.1, 0.15) is 50.7 Å². The third-order valence-corrected chi connectivity index (χ3v) is 5.89. The lowest BCUT2D eigenvalue weighted by atomic mass is 9.93. The molecule has 0 saturated carbocycles. The summed E-state index contributed by atoms with van der Waals surface area (Å²) in [6.07, 6.45) is 0. The van der Waals surface area contributed by atoms with Gasteiger partial charge in [-0.1, -0.05) is 45.9 Å². The van der Waals surface area contributed by atoms with Crippen LogP contribution < -0.4 is 0 Å². The summed E-state index contributed by atoms with van der Waals surface area (Å²) < 4.78 is 1.27. The lowest BCUT2D eigenvalue weighted by Gasteiger charge is -2.11. The second-order valence-corrected chi connectivity index (χ2v) is 8.99. The van der Waals surface area contributed by atoms with E-state index in [2.05, 4.69) is 110 Å². The van der Waals surface area contributed by atoms with E-state index in [1.165, 1.54) is 47.6 Å². The van der Waals surface area contributed by atoms with Gasteiger partial charge in [0.2, 0.25) is 0 Å². The van der Waals surface area contributed by atoms with Crippen molar-refractivity contribution in [3.63, 3.8) is 0 Å². The first-order valence-electron chi connectivity index (χ1n) is 9.29. The van der Waals surface area contributed by atoms with Crippen molar-refractivity contribution in [1.29, 1.82) is 0 Å². The molecule has 0 aliphatic carbocycles. The second kappa shape index (κ2) is 6.73. The van der Waals surface area contributed by atoms with E-state index in [1.54, 1.807) is 0 Å². The van der Waals surface area contributed by atoms with Crippen LogP contribution in [-0.4, -0.2) is 4.98 Å². The number of hydrogen-bond acceptors (Lipinski definition) is 0. The fourth-order valence-electron chi connectivity index (χ4n) is 3.62. The van der Waals surface area contributed by atoms with Gasteiger partial charge in [-0.25, -0.2) is 0 Å². The molecular weight excluding hydrogens is 429 g/mol. The molecule has 0 fully saturated rings. The minimum Gasteiger partial charge on any atom is -0.354 e. The highest BCUT2D eigenvalue weighted by atomic mass is 127. The Bertz CT molecular complexity index is 1100. The summed E-state index contributed by atoms with van der Waals surface area (Å²) in [7, 11) is 0. The number of aromatic nitrogens is 1. The van der Waals surface area contributed by atoms with Crippen molar-refractivity contribution in [2.75, 3.05) is 0 Å². The highest BCUT2D eigenvalue weighted by molar-refractivity contribution is 14.1. The fourth-order valence-corrected chi connectivity index (χ4v) is 4.16. The lowest BCUT2D eigenvalue weighted by Crippen LogP contribution is -1.90. The van der Waals surface area contributed by atoms with Gasteiger partial charge in [0.05, 0.1) is 5.52 Å². The zero-order valence-electron chi connectivity index (χ0n) is 15.7. The third kappa shape index (κ3) is 3.05. The Balaban J connectivity index is 2.09. The van der Waals surface area contributed by atoms with Crippen molar-refractivity contribution in [3.8, 4) is 11.1 Å². The van der Waals surface area contributed by atoms with E-state index >= 15 is 0 Å². The zero-order valence-corrected chi connectivity index (χ0v) is 17.9. The van der Waals surface area contributed by atoms with Crippen LogP contribution in [0.5, 0.6) is 0 Å². The third-order valence-electron chi connectivity index (χ3n) is 5.22. The molecule has 1 nitrogen and oxygen atoms in total. The molecule has 0 saturated heterocycles. The van der Waals surface area contributed by atoms with E-state index in [-0.39, 0.29) is 0 Å². The van der Waals surface area contributed by atoms with Crippen LogP contribution in [-0.2, 0) is 0 Å². The first-order chi connectivity index (χ1) is 12.4. The molecule has 132 valence electrons. The molecular formula is C24H24IN. The standard InChI is InChI=1S/C24H24IN/c1-14(2)16-8-9-23-21(11-16)22-13-18(15(3)4)12-20(24(22)26-23)17-6-5-7-19(25)10-17/h5-15,26H,1-4H3. The molecule has 1 heterocycles. The predicted molar refractivity (Wildman–Crippen MR) is 122 cm³/mol. The van der Waals surface area contributed by atoms with Crippen LogP contribution in [0, 0.1) is 3.57 Å². The Hall–Kier alpha value is -1.81. The van der Waals surface area contributed by atoms with Gasteiger partial charge in [0, 0.05) is 25.4 Å². The average Bonchev–Trinajstić information content (AvgIpc) is 2.98. The summed E-state index contributed by atoms with van der Waals surface area (Å²) >= 11 is 2.39. The molecule has 0 amide bonds. The number of hydrogen-bond donors (Lipinski definition) is 1. The Morgan fingerprint density at radius 1 is 0.769 bits per heavy atom. The molecule has 0 spiro atoms. The van der Waals surface area contributed by atoms with Gasteiger partial charge in [-0.2, -0.15) is 0 Å². The highest BCUT2D eigenvalue weighted by Crippen LogP contribution is 2.37. The van der Waals surface area contributed by atoms with Gasteiger partial charge >= 0.3 is 0 Å². The average molecular weight is 453 g/mol.